The molecular formula is C10H9F2NOS. The van der Waals surface area contributed by atoms with E-state index in [4.69, 9.17) is 4.74 Å². The zero-order valence-electron chi connectivity index (χ0n) is 7.87. The van der Waals surface area contributed by atoms with Gasteiger partial charge in [0, 0.05) is 17.2 Å². The van der Waals surface area contributed by atoms with Gasteiger partial charge in [-0.2, -0.15) is 0 Å². The monoisotopic (exact) mass is 229 g/mol. The molecule has 0 N–H and O–H groups in total. The molecule has 0 saturated heterocycles. The van der Waals surface area contributed by atoms with Crippen LogP contribution >= 0.6 is 11.8 Å². The lowest BCUT2D eigenvalue weighted by Gasteiger charge is -2.14. The van der Waals surface area contributed by atoms with Gasteiger partial charge in [0.25, 0.3) is 0 Å². The number of ether oxygens (including phenoxy) is 1. The molecule has 0 atom stereocenters. The van der Waals surface area contributed by atoms with Gasteiger partial charge in [0.1, 0.15) is 17.4 Å². The average molecular weight is 229 g/mol. The first-order valence-corrected chi connectivity index (χ1v) is 5.54. The van der Waals surface area contributed by atoms with E-state index in [0.29, 0.717) is 12.4 Å². The lowest BCUT2D eigenvalue weighted by molar-refractivity contribution is 0.222. The molecule has 0 saturated carbocycles. The van der Waals surface area contributed by atoms with Gasteiger partial charge < -0.3 is 4.74 Å². The molecule has 0 unspecified atom stereocenters. The molecule has 5 heteroatoms. The van der Waals surface area contributed by atoms with Crippen LogP contribution in [0.3, 0.4) is 0 Å². The van der Waals surface area contributed by atoms with Crippen molar-refractivity contribution >= 4 is 11.8 Å². The second kappa shape index (κ2) is 4.61. The number of thioether (sulfide) groups is 1. The highest BCUT2D eigenvalue weighted by molar-refractivity contribution is 8.02. The summed E-state index contributed by atoms with van der Waals surface area (Å²) < 4.78 is 31.1. The molecule has 2 heterocycles. The second-order valence-electron chi connectivity index (χ2n) is 3.06. The van der Waals surface area contributed by atoms with Crippen molar-refractivity contribution in [1.82, 2.24) is 4.98 Å². The molecule has 2 rings (SSSR count). The molecule has 2 nitrogen and oxygen atoms in total. The number of allylic oxidation sites excluding steroid dienone is 1. The van der Waals surface area contributed by atoms with E-state index in [2.05, 4.69) is 4.98 Å². The molecule has 1 aromatic rings. The maximum atomic E-state index is 13.2. The fourth-order valence-corrected chi connectivity index (χ4v) is 1.87. The van der Waals surface area contributed by atoms with Gasteiger partial charge in [0.2, 0.25) is 0 Å². The Morgan fingerprint density at radius 1 is 1.47 bits per heavy atom. The number of rotatable bonds is 2. The molecule has 0 aromatic carbocycles. The van der Waals surface area contributed by atoms with Gasteiger partial charge in [0.05, 0.1) is 24.9 Å². The van der Waals surface area contributed by atoms with Crippen molar-refractivity contribution in [3.63, 3.8) is 0 Å². The Morgan fingerprint density at radius 3 is 3.00 bits per heavy atom. The van der Waals surface area contributed by atoms with Crippen LogP contribution in [0, 0.1) is 11.6 Å². The highest BCUT2D eigenvalue weighted by Crippen LogP contribution is 2.19. The SMILES string of the molecule is Fc1cnc(CC2=CSCCO2)c(F)c1. The van der Waals surface area contributed by atoms with Crippen molar-refractivity contribution in [3.05, 3.63) is 40.8 Å². The van der Waals surface area contributed by atoms with E-state index in [1.807, 2.05) is 5.41 Å². The van der Waals surface area contributed by atoms with Crippen molar-refractivity contribution in [2.45, 2.75) is 6.42 Å². The summed E-state index contributed by atoms with van der Waals surface area (Å²) in [5.74, 6) is 0.298. The zero-order chi connectivity index (χ0) is 10.7. The first kappa shape index (κ1) is 10.4. The van der Waals surface area contributed by atoms with Gasteiger partial charge in [-0.25, -0.2) is 8.78 Å². The Morgan fingerprint density at radius 2 is 2.33 bits per heavy atom. The standard InChI is InChI=1S/C10H9F2NOS/c11-7-3-9(12)10(13-5-7)4-8-6-15-2-1-14-8/h3,5-6H,1-2,4H2. The van der Waals surface area contributed by atoms with E-state index >= 15 is 0 Å². The van der Waals surface area contributed by atoms with E-state index < -0.39 is 11.6 Å². The Hall–Kier alpha value is -1.10. The van der Waals surface area contributed by atoms with Crippen LogP contribution in [-0.4, -0.2) is 17.3 Å². The largest absolute Gasteiger partial charge is 0.496 e. The number of hydrogen-bond acceptors (Lipinski definition) is 3. The molecule has 80 valence electrons. The first-order chi connectivity index (χ1) is 7.25. The van der Waals surface area contributed by atoms with Crippen LogP contribution in [0.5, 0.6) is 0 Å². The molecular weight excluding hydrogens is 220 g/mol. The summed E-state index contributed by atoms with van der Waals surface area (Å²) in [6, 6.07) is 0.832. The predicted molar refractivity (Wildman–Crippen MR) is 54.4 cm³/mol. The summed E-state index contributed by atoms with van der Waals surface area (Å²) in [5.41, 5.74) is 0.213. The third kappa shape index (κ3) is 2.68. The van der Waals surface area contributed by atoms with Crippen LogP contribution in [0.1, 0.15) is 5.69 Å². The van der Waals surface area contributed by atoms with E-state index in [9.17, 15) is 8.78 Å². The predicted octanol–water partition coefficient (Wildman–Crippen LogP) is 2.51. The Balaban J connectivity index is 2.13. The third-order valence-electron chi connectivity index (χ3n) is 1.93. The van der Waals surface area contributed by atoms with Crippen molar-refractivity contribution < 1.29 is 13.5 Å². The van der Waals surface area contributed by atoms with Crippen LogP contribution in [0.15, 0.2) is 23.4 Å². The highest BCUT2D eigenvalue weighted by atomic mass is 32.2. The van der Waals surface area contributed by atoms with Crippen molar-refractivity contribution in [2.75, 3.05) is 12.4 Å². The maximum Gasteiger partial charge on any atom is 0.148 e. The minimum atomic E-state index is -0.663. The second-order valence-corrected chi connectivity index (χ2v) is 4.04. The summed E-state index contributed by atoms with van der Waals surface area (Å²) in [6.07, 6.45) is 1.29. The van der Waals surface area contributed by atoms with Crippen molar-refractivity contribution in [2.24, 2.45) is 0 Å². The number of aromatic nitrogens is 1. The van der Waals surface area contributed by atoms with Crippen LogP contribution in [0.2, 0.25) is 0 Å². The lowest BCUT2D eigenvalue weighted by atomic mass is 10.2. The van der Waals surface area contributed by atoms with Gasteiger partial charge >= 0.3 is 0 Å². The first-order valence-electron chi connectivity index (χ1n) is 4.49. The molecule has 0 aliphatic carbocycles. The van der Waals surface area contributed by atoms with Gasteiger partial charge in [0.15, 0.2) is 0 Å². The smallest absolute Gasteiger partial charge is 0.148 e. The average Bonchev–Trinajstić information content (AvgIpc) is 2.24. The topological polar surface area (TPSA) is 22.1 Å². The van der Waals surface area contributed by atoms with E-state index in [0.717, 1.165) is 18.0 Å². The van der Waals surface area contributed by atoms with Crippen LogP contribution in [0.4, 0.5) is 8.78 Å². The summed E-state index contributed by atoms with van der Waals surface area (Å²) in [5, 5.41) is 1.84. The zero-order valence-corrected chi connectivity index (χ0v) is 8.69. The van der Waals surface area contributed by atoms with Crippen LogP contribution in [0.25, 0.3) is 0 Å². The van der Waals surface area contributed by atoms with Crippen LogP contribution in [-0.2, 0) is 11.2 Å². The fourth-order valence-electron chi connectivity index (χ4n) is 1.24. The Labute approximate surface area is 90.3 Å². The maximum absolute atomic E-state index is 13.2. The van der Waals surface area contributed by atoms with E-state index in [1.165, 1.54) is 0 Å². The minimum absolute atomic E-state index is 0.213. The quantitative estimate of drug-likeness (QED) is 0.778. The Bertz CT molecular complexity index is 395. The summed E-state index contributed by atoms with van der Waals surface area (Å²) in [4.78, 5) is 3.69. The number of hydrogen-bond donors (Lipinski definition) is 0. The number of pyridine rings is 1. The van der Waals surface area contributed by atoms with E-state index in [-0.39, 0.29) is 12.1 Å². The van der Waals surface area contributed by atoms with Crippen molar-refractivity contribution in [1.29, 1.82) is 0 Å². The highest BCUT2D eigenvalue weighted by Gasteiger charge is 2.11. The molecule has 0 spiro atoms. The molecule has 0 fully saturated rings. The molecule has 0 radical (unpaired) electrons. The summed E-state index contributed by atoms with van der Waals surface area (Å²) >= 11 is 1.62. The number of halogens is 2. The van der Waals surface area contributed by atoms with Crippen molar-refractivity contribution in [3.8, 4) is 0 Å². The van der Waals surface area contributed by atoms with Gasteiger partial charge in [-0.05, 0) is 0 Å². The van der Waals surface area contributed by atoms with Gasteiger partial charge in [-0.3, -0.25) is 4.98 Å². The van der Waals surface area contributed by atoms with Gasteiger partial charge in [-0.15, -0.1) is 11.8 Å². The molecule has 0 bridgehead atoms. The lowest BCUT2D eigenvalue weighted by Crippen LogP contribution is -2.06. The molecule has 1 aromatic heterocycles. The molecule has 15 heavy (non-hydrogen) atoms. The normalized spacial score (nSPS) is 15.7. The van der Waals surface area contributed by atoms with E-state index in [1.54, 1.807) is 11.8 Å². The Kier molecular flexibility index (Phi) is 3.20. The summed E-state index contributed by atoms with van der Waals surface area (Å²) in [7, 11) is 0. The summed E-state index contributed by atoms with van der Waals surface area (Å²) in [6.45, 7) is 0.624. The molecule has 1 aliphatic rings. The fraction of sp³-hybridized carbons (Fsp3) is 0.300. The third-order valence-corrected chi connectivity index (χ3v) is 2.76. The molecule has 0 amide bonds. The van der Waals surface area contributed by atoms with Crippen LogP contribution < -0.4 is 0 Å². The number of nitrogens with zero attached hydrogens (tertiary/aromatic N) is 1. The minimum Gasteiger partial charge on any atom is -0.496 e. The van der Waals surface area contributed by atoms with Gasteiger partial charge in [-0.1, -0.05) is 0 Å². The molecule has 1 aliphatic heterocycles.